The Balaban J connectivity index is 0.000000409. The topological polar surface area (TPSA) is 114 Å². The van der Waals surface area contributed by atoms with Gasteiger partial charge in [0, 0.05) is 18.7 Å². The first-order valence-electron chi connectivity index (χ1n) is 8.73. The molecular formula is C20H23NO7. The summed E-state index contributed by atoms with van der Waals surface area (Å²) in [5.41, 5.74) is 1.07. The van der Waals surface area contributed by atoms with Crippen LogP contribution in [0.25, 0.3) is 0 Å². The zero-order chi connectivity index (χ0) is 20.2. The molecule has 8 heteroatoms. The zero-order valence-corrected chi connectivity index (χ0v) is 15.2. The average Bonchev–Trinajstić information content (AvgIpc) is 3.18. The van der Waals surface area contributed by atoms with Crippen molar-refractivity contribution in [2.45, 2.75) is 12.4 Å². The van der Waals surface area contributed by atoms with Gasteiger partial charge in [-0.3, -0.25) is 0 Å². The number of carboxylic acids is 2. The van der Waals surface area contributed by atoms with Crippen LogP contribution in [0.5, 0.6) is 5.75 Å². The molecule has 1 fully saturated rings. The first-order chi connectivity index (χ1) is 13.6. The molecule has 2 aromatic rings. The van der Waals surface area contributed by atoms with E-state index in [2.05, 4.69) is 5.32 Å². The monoisotopic (exact) mass is 389 g/mol. The van der Waals surface area contributed by atoms with E-state index >= 15 is 0 Å². The number of aliphatic carboxylic acids is 2. The number of hydrogen-bond donors (Lipinski definition) is 3. The van der Waals surface area contributed by atoms with E-state index in [4.69, 9.17) is 34.0 Å². The highest BCUT2D eigenvalue weighted by molar-refractivity contribution is 6.27. The lowest BCUT2D eigenvalue weighted by Crippen LogP contribution is -2.31. The zero-order valence-electron chi connectivity index (χ0n) is 15.2. The van der Waals surface area contributed by atoms with Crippen molar-refractivity contribution in [1.29, 1.82) is 0 Å². The highest BCUT2D eigenvalue weighted by atomic mass is 16.7. The van der Waals surface area contributed by atoms with Gasteiger partial charge in [0.1, 0.15) is 12.4 Å². The summed E-state index contributed by atoms with van der Waals surface area (Å²) in [6.45, 7) is 2.80. The third-order valence-electron chi connectivity index (χ3n) is 3.67. The van der Waals surface area contributed by atoms with Crippen molar-refractivity contribution in [2.24, 2.45) is 0 Å². The normalized spacial score (nSPS) is 18.0. The van der Waals surface area contributed by atoms with Crippen molar-refractivity contribution in [3.05, 3.63) is 66.2 Å². The smallest absolute Gasteiger partial charge is 0.414 e. The molecule has 0 radical (unpaired) electrons. The van der Waals surface area contributed by atoms with Crippen LogP contribution in [-0.4, -0.2) is 54.6 Å². The predicted octanol–water partition coefficient (Wildman–Crippen LogP) is 1.92. The van der Waals surface area contributed by atoms with Crippen LogP contribution in [0, 0.1) is 0 Å². The van der Waals surface area contributed by atoms with Gasteiger partial charge >= 0.3 is 11.9 Å². The molecule has 28 heavy (non-hydrogen) atoms. The van der Waals surface area contributed by atoms with Gasteiger partial charge in [0.05, 0.1) is 12.7 Å². The number of para-hydroxylation sites is 1. The third-order valence-corrected chi connectivity index (χ3v) is 3.67. The first kappa shape index (κ1) is 21.4. The predicted molar refractivity (Wildman–Crippen MR) is 100 cm³/mol. The molecule has 0 aromatic heterocycles. The van der Waals surface area contributed by atoms with E-state index in [1.165, 1.54) is 0 Å². The molecule has 1 aliphatic rings. The van der Waals surface area contributed by atoms with E-state index in [0.717, 1.165) is 24.4 Å². The minimum atomic E-state index is -1.82. The Kier molecular flexibility index (Phi) is 8.93. The number of carbonyl (C=O) groups is 2. The van der Waals surface area contributed by atoms with Gasteiger partial charge in [-0.15, -0.1) is 0 Å². The molecule has 8 nitrogen and oxygen atoms in total. The molecule has 150 valence electrons. The summed E-state index contributed by atoms with van der Waals surface area (Å²) in [5.74, 6) is -2.75. The van der Waals surface area contributed by atoms with E-state index < -0.39 is 11.9 Å². The Labute approximate surface area is 162 Å². The first-order valence-corrected chi connectivity index (χ1v) is 8.73. The molecule has 1 unspecified atom stereocenters. The molecule has 2 aromatic carbocycles. The van der Waals surface area contributed by atoms with E-state index in [0.29, 0.717) is 13.2 Å². The Hall–Kier alpha value is -2.94. The second kappa shape index (κ2) is 11.7. The average molecular weight is 389 g/mol. The fraction of sp³-hybridized carbons (Fsp3) is 0.300. The van der Waals surface area contributed by atoms with Crippen LogP contribution < -0.4 is 10.1 Å². The van der Waals surface area contributed by atoms with Gasteiger partial charge in [0.25, 0.3) is 0 Å². The molecule has 3 rings (SSSR count). The van der Waals surface area contributed by atoms with Crippen LogP contribution >= 0.6 is 0 Å². The molecule has 0 spiro atoms. The minimum Gasteiger partial charge on any atom is -0.492 e. The van der Waals surface area contributed by atoms with Crippen LogP contribution in [0.1, 0.15) is 11.9 Å². The largest absolute Gasteiger partial charge is 0.492 e. The van der Waals surface area contributed by atoms with Crippen molar-refractivity contribution in [3.8, 4) is 5.75 Å². The summed E-state index contributed by atoms with van der Waals surface area (Å²) in [6, 6.07) is 19.9. The molecule has 1 aliphatic heterocycles. The summed E-state index contributed by atoms with van der Waals surface area (Å²) < 4.78 is 17.2. The third kappa shape index (κ3) is 7.75. The van der Waals surface area contributed by atoms with Crippen molar-refractivity contribution in [2.75, 3.05) is 26.3 Å². The lowest BCUT2D eigenvalue weighted by Gasteiger charge is -2.12. The van der Waals surface area contributed by atoms with Gasteiger partial charge in [0.15, 0.2) is 6.29 Å². The summed E-state index contributed by atoms with van der Waals surface area (Å²) in [4.78, 5) is 18.2. The van der Waals surface area contributed by atoms with Gasteiger partial charge in [0.2, 0.25) is 0 Å². The van der Waals surface area contributed by atoms with Crippen LogP contribution in [0.15, 0.2) is 60.7 Å². The molecule has 1 saturated heterocycles. The molecule has 0 saturated carbocycles. The second-order valence-corrected chi connectivity index (χ2v) is 5.81. The van der Waals surface area contributed by atoms with E-state index in [1.807, 2.05) is 60.7 Å². The van der Waals surface area contributed by atoms with Crippen LogP contribution in [0.2, 0.25) is 0 Å². The van der Waals surface area contributed by atoms with E-state index in [1.54, 1.807) is 0 Å². The number of benzene rings is 2. The van der Waals surface area contributed by atoms with Crippen molar-refractivity contribution in [3.63, 3.8) is 0 Å². The SMILES string of the molecule is O=C(O)C(=O)O.c1ccc(OCCNCC2CO[C@H](c3ccccc3)O2)cc1. The Bertz CT molecular complexity index is 712. The van der Waals surface area contributed by atoms with Gasteiger partial charge < -0.3 is 29.7 Å². The molecule has 3 N–H and O–H groups in total. The maximum absolute atomic E-state index is 9.10. The maximum atomic E-state index is 9.10. The maximum Gasteiger partial charge on any atom is 0.414 e. The lowest BCUT2D eigenvalue weighted by atomic mass is 10.2. The Morgan fingerprint density at radius 3 is 2.21 bits per heavy atom. The highest BCUT2D eigenvalue weighted by Gasteiger charge is 2.26. The summed E-state index contributed by atoms with van der Waals surface area (Å²) in [7, 11) is 0. The molecule has 1 heterocycles. The summed E-state index contributed by atoms with van der Waals surface area (Å²) in [6.07, 6.45) is -0.157. The van der Waals surface area contributed by atoms with Crippen LogP contribution in [-0.2, 0) is 19.1 Å². The highest BCUT2D eigenvalue weighted by Crippen LogP contribution is 2.26. The van der Waals surface area contributed by atoms with Gasteiger partial charge in [-0.2, -0.15) is 0 Å². The number of nitrogens with one attached hydrogen (secondary N) is 1. The summed E-state index contributed by atoms with van der Waals surface area (Å²) in [5, 5.41) is 18.1. The van der Waals surface area contributed by atoms with E-state index in [-0.39, 0.29) is 12.4 Å². The molecule has 0 amide bonds. The van der Waals surface area contributed by atoms with Gasteiger partial charge in [-0.1, -0.05) is 48.5 Å². The Morgan fingerprint density at radius 2 is 1.61 bits per heavy atom. The standard InChI is InChI=1S/C18H21NO3.C2H2O4/c1-3-7-15(8-4-1)18-21-14-17(22-18)13-19-11-12-20-16-9-5-2-6-10-16;3-1(4)2(5)6/h1-10,17-19H,11-14H2;(H,3,4)(H,5,6)/t17?,18-;/m0./s1. The quantitative estimate of drug-likeness (QED) is 0.486. The van der Waals surface area contributed by atoms with Crippen molar-refractivity contribution < 1.29 is 34.0 Å². The molecule has 2 atom stereocenters. The number of ether oxygens (including phenoxy) is 3. The number of carboxylic acid groups (broad SMARTS) is 2. The molecule has 0 bridgehead atoms. The number of rotatable bonds is 7. The molecule has 0 aliphatic carbocycles. The van der Waals surface area contributed by atoms with Gasteiger partial charge in [-0.25, -0.2) is 9.59 Å². The van der Waals surface area contributed by atoms with Gasteiger partial charge in [-0.05, 0) is 12.1 Å². The van der Waals surface area contributed by atoms with Crippen molar-refractivity contribution >= 4 is 11.9 Å². The fourth-order valence-corrected chi connectivity index (χ4v) is 2.36. The van der Waals surface area contributed by atoms with E-state index in [9.17, 15) is 0 Å². The summed E-state index contributed by atoms with van der Waals surface area (Å²) >= 11 is 0. The minimum absolute atomic E-state index is 0.0851. The second-order valence-electron chi connectivity index (χ2n) is 5.81. The number of hydrogen-bond acceptors (Lipinski definition) is 6. The fourth-order valence-electron chi connectivity index (χ4n) is 2.36. The van der Waals surface area contributed by atoms with Crippen LogP contribution in [0.3, 0.4) is 0 Å². The Morgan fingerprint density at radius 1 is 1.00 bits per heavy atom. The lowest BCUT2D eigenvalue weighted by molar-refractivity contribution is -0.159. The van der Waals surface area contributed by atoms with Crippen molar-refractivity contribution in [1.82, 2.24) is 5.32 Å². The van der Waals surface area contributed by atoms with Crippen LogP contribution in [0.4, 0.5) is 0 Å². The molecular weight excluding hydrogens is 366 g/mol.